The van der Waals surface area contributed by atoms with Gasteiger partial charge in [-0.3, -0.25) is 13.9 Å². The van der Waals surface area contributed by atoms with Crippen LogP contribution in [-0.4, -0.2) is 60.5 Å². The quantitative estimate of drug-likeness (QED) is 0.473. The first-order valence-electron chi connectivity index (χ1n) is 12.2. The lowest BCUT2D eigenvalue weighted by Gasteiger charge is -2.27. The molecule has 10 heteroatoms. The third-order valence-electron chi connectivity index (χ3n) is 6.45. The van der Waals surface area contributed by atoms with Crippen LogP contribution in [0.1, 0.15) is 19.3 Å². The Morgan fingerprint density at radius 1 is 0.917 bits per heavy atom. The molecule has 192 valence electrons. The van der Waals surface area contributed by atoms with Gasteiger partial charge in [0.1, 0.15) is 5.75 Å². The molecule has 0 aliphatic carbocycles. The van der Waals surface area contributed by atoms with Crippen LogP contribution in [0.5, 0.6) is 5.75 Å². The first-order chi connectivity index (χ1) is 17.5. The van der Waals surface area contributed by atoms with Gasteiger partial charge in [0.2, 0.25) is 0 Å². The number of hydrogen-bond acceptors (Lipinski definition) is 6. The number of aromatic nitrogens is 2. The third kappa shape index (κ3) is 5.77. The zero-order valence-corrected chi connectivity index (χ0v) is 20.8. The van der Waals surface area contributed by atoms with Crippen LogP contribution in [0, 0.1) is 0 Å². The summed E-state index contributed by atoms with van der Waals surface area (Å²) in [6, 6.07) is 11.6. The predicted octanol–water partition coefficient (Wildman–Crippen LogP) is 2.95. The number of piperidine rings is 1. The molecule has 3 aromatic rings. The van der Waals surface area contributed by atoms with E-state index in [1.807, 2.05) is 6.07 Å². The number of para-hydroxylation sites is 2. The highest BCUT2D eigenvalue weighted by atomic mass is 16.5. The van der Waals surface area contributed by atoms with Crippen molar-refractivity contribution in [2.24, 2.45) is 0 Å². The molecule has 10 nitrogen and oxygen atoms in total. The van der Waals surface area contributed by atoms with Crippen molar-refractivity contribution in [3.8, 4) is 5.75 Å². The van der Waals surface area contributed by atoms with Gasteiger partial charge in [-0.05, 0) is 56.3 Å². The number of hydrogen-bond donors (Lipinski definition) is 2. The molecule has 2 heterocycles. The van der Waals surface area contributed by atoms with Gasteiger partial charge in [0, 0.05) is 25.9 Å². The highest BCUT2D eigenvalue weighted by molar-refractivity contribution is 6.01. The zero-order chi connectivity index (χ0) is 25.5. The number of carbonyl (C=O) groups is 1. The fourth-order valence-corrected chi connectivity index (χ4v) is 4.55. The molecule has 1 aliphatic heterocycles. The second-order valence-corrected chi connectivity index (χ2v) is 8.80. The SMILES string of the molecule is COCCn1c(=O)c2cc(NC(=O)Nc3ccccc3OC)ccc2n(CCN2CCCCC2)c1=O. The molecule has 1 aliphatic rings. The fourth-order valence-electron chi connectivity index (χ4n) is 4.55. The Morgan fingerprint density at radius 3 is 2.44 bits per heavy atom. The molecule has 0 atom stereocenters. The number of methoxy groups -OCH3 is 2. The van der Waals surface area contributed by atoms with Crippen LogP contribution in [0.4, 0.5) is 16.2 Å². The lowest BCUT2D eigenvalue weighted by atomic mass is 10.1. The minimum atomic E-state index is -0.475. The number of ether oxygens (including phenoxy) is 2. The molecule has 36 heavy (non-hydrogen) atoms. The molecule has 1 fully saturated rings. The monoisotopic (exact) mass is 495 g/mol. The van der Waals surface area contributed by atoms with Crippen LogP contribution in [0.15, 0.2) is 52.1 Å². The molecular formula is C26H33N5O5. The summed E-state index contributed by atoms with van der Waals surface area (Å²) in [6.07, 6.45) is 3.56. The predicted molar refractivity (Wildman–Crippen MR) is 140 cm³/mol. The maximum absolute atomic E-state index is 13.3. The number of nitrogens with zero attached hydrogens (tertiary/aromatic N) is 3. The molecular weight excluding hydrogens is 462 g/mol. The number of benzene rings is 2. The molecule has 0 saturated carbocycles. The van der Waals surface area contributed by atoms with Crippen LogP contribution in [0.2, 0.25) is 0 Å². The summed E-state index contributed by atoms with van der Waals surface area (Å²) in [4.78, 5) is 41.5. The van der Waals surface area contributed by atoms with E-state index in [2.05, 4.69) is 15.5 Å². The molecule has 2 N–H and O–H groups in total. The molecule has 2 amide bonds. The largest absolute Gasteiger partial charge is 0.495 e. The van der Waals surface area contributed by atoms with Crippen molar-refractivity contribution in [2.45, 2.75) is 32.4 Å². The van der Waals surface area contributed by atoms with Crippen molar-refractivity contribution in [3.63, 3.8) is 0 Å². The summed E-state index contributed by atoms with van der Waals surface area (Å²) in [7, 11) is 3.06. The third-order valence-corrected chi connectivity index (χ3v) is 6.45. The van der Waals surface area contributed by atoms with Crippen molar-refractivity contribution >= 4 is 28.3 Å². The van der Waals surface area contributed by atoms with Gasteiger partial charge < -0.3 is 25.0 Å². The Hall–Kier alpha value is -3.63. The van der Waals surface area contributed by atoms with Gasteiger partial charge >= 0.3 is 11.7 Å². The normalized spacial score (nSPS) is 14.1. The molecule has 0 bridgehead atoms. The van der Waals surface area contributed by atoms with Crippen LogP contribution < -0.4 is 26.6 Å². The average molecular weight is 496 g/mol. The zero-order valence-electron chi connectivity index (χ0n) is 20.8. The second-order valence-electron chi connectivity index (χ2n) is 8.80. The van der Waals surface area contributed by atoms with Crippen LogP contribution in [0.25, 0.3) is 10.9 Å². The van der Waals surface area contributed by atoms with Gasteiger partial charge in [-0.1, -0.05) is 18.6 Å². The second kappa shape index (κ2) is 11.9. The van der Waals surface area contributed by atoms with Gasteiger partial charge in [-0.2, -0.15) is 0 Å². The fraction of sp³-hybridized carbons (Fsp3) is 0.423. The van der Waals surface area contributed by atoms with E-state index in [1.54, 1.807) is 41.0 Å². The smallest absolute Gasteiger partial charge is 0.331 e. The van der Waals surface area contributed by atoms with Gasteiger partial charge in [0.05, 0.1) is 36.9 Å². The Kier molecular flexibility index (Phi) is 8.40. The van der Waals surface area contributed by atoms with E-state index in [9.17, 15) is 14.4 Å². The highest BCUT2D eigenvalue weighted by Gasteiger charge is 2.17. The average Bonchev–Trinajstić information content (AvgIpc) is 2.89. The molecule has 0 spiro atoms. The summed E-state index contributed by atoms with van der Waals surface area (Å²) >= 11 is 0. The molecule has 4 rings (SSSR count). The highest BCUT2D eigenvalue weighted by Crippen LogP contribution is 2.23. The van der Waals surface area contributed by atoms with E-state index in [4.69, 9.17) is 9.47 Å². The summed E-state index contributed by atoms with van der Waals surface area (Å²) < 4.78 is 13.3. The number of amides is 2. The molecule has 1 saturated heterocycles. The molecule has 0 radical (unpaired) electrons. The van der Waals surface area contributed by atoms with E-state index in [0.29, 0.717) is 34.6 Å². The summed E-state index contributed by atoms with van der Waals surface area (Å²) in [5, 5.41) is 5.88. The molecule has 1 aromatic heterocycles. The van der Waals surface area contributed by atoms with Gasteiger partial charge in [-0.25, -0.2) is 9.59 Å². The molecule has 0 unspecified atom stereocenters. The number of urea groups is 1. The lowest BCUT2D eigenvalue weighted by Crippen LogP contribution is -2.43. The Bertz CT molecular complexity index is 1330. The van der Waals surface area contributed by atoms with Crippen LogP contribution >= 0.6 is 0 Å². The maximum Gasteiger partial charge on any atom is 0.331 e. The lowest BCUT2D eigenvalue weighted by molar-refractivity contribution is 0.183. The Labute approximate surface area is 209 Å². The first kappa shape index (κ1) is 25.5. The number of fused-ring (bicyclic) bond motifs is 1. The minimum absolute atomic E-state index is 0.153. The number of carbonyl (C=O) groups excluding carboxylic acids is 1. The van der Waals surface area contributed by atoms with Crippen molar-refractivity contribution in [1.82, 2.24) is 14.0 Å². The Balaban J connectivity index is 1.63. The Morgan fingerprint density at radius 2 is 1.69 bits per heavy atom. The van der Waals surface area contributed by atoms with E-state index in [0.717, 1.165) is 32.5 Å². The van der Waals surface area contributed by atoms with Gasteiger partial charge in [-0.15, -0.1) is 0 Å². The van der Waals surface area contributed by atoms with Gasteiger partial charge in [0.25, 0.3) is 5.56 Å². The van der Waals surface area contributed by atoms with Crippen LogP contribution in [0.3, 0.4) is 0 Å². The summed E-state index contributed by atoms with van der Waals surface area (Å²) in [5.74, 6) is 0.532. The topological polar surface area (TPSA) is 107 Å². The number of likely N-dealkylation sites (tertiary alicyclic amines) is 1. The van der Waals surface area contributed by atoms with Crippen molar-refractivity contribution < 1.29 is 14.3 Å². The van der Waals surface area contributed by atoms with E-state index in [-0.39, 0.29) is 18.8 Å². The van der Waals surface area contributed by atoms with E-state index < -0.39 is 11.6 Å². The van der Waals surface area contributed by atoms with Crippen molar-refractivity contribution in [2.75, 3.05) is 51.1 Å². The maximum atomic E-state index is 13.3. The molecule has 2 aromatic carbocycles. The summed E-state index contributed by atoms with van der Waals surface area (Å²) in [6.45, 7) is 3.64. The van der Waals surface area contributed by atoms with Crippen molar-refractivity contribution in [1.29, 1.82) is 0 Å². The van der Waals surface area contributed by atoms with E-state index >= 15 is 0 Å². The number of rotatable bonds is 9. The number of nitrogens with one attached hydrogen (secondary N) is 2. The van der Waals surface area contributed by atoms with E-state index in [1.165, 1.54) is 25.2 Å². The standard InChI is InChI=1S/C26H33N5O5/c1-35-17-16-31-24(32)20-18-19(27-25(33)28-21-8-4-5-9-23(21)36-2)10-11-22(20)30(26(31)34)15-14-29-12-6-3-7-13-29/h4-5,8-11,18H,3,6-7,12-17H2,1-2H3,(H2,27,28,33). The number of anilines is 2. The minimum Gasteiger partial charge on any atom is -0.495 e. The van der Waals surface area contributed by atoms with Crippen molar-refractivity contribution in [3.05, 3.63) is 63.3 Å². The van der Waals surface area contributed by atoms with Crippen LogP contribution in [-0.2, 0) is 17.8 Å². The first-order valence-corrected chi connectivity index (χ1v) is 12.2. The van der Waals surface area contributed by atoms with Gasteiger partial charge in [0.15, 0.2) is 0 Å². The summed E-state index contributed by atoms with van der Waals surface area (Å²) in [5.41, 5.74) is 0.746.